The maximum Gasteiger partial charge on any atom is 0.185 e. The summed E-state index contributed by atoms with van der Waals surface area (Å²) < 4.78 is 0. The van der Waals surface area contributed by atoms with Crippen LogP contribution in [0, 0.1) is 0 Å². The summed E-state index contributed by atoms with van der Waals surface area (Å²) in [6.45, 7) is 1.49. The Morgan fingerprint density at radius 1 is 0.541 bits per heavy atom. The molecule has 4 N–H and O–H groups in total. The maximum absolute atomic E-state index is 11.8. The highest BCUT2D eigenvalue weighted by atomic mass is 16.3. The summed E-state index contributed by atoms with van der Waals surface area (Å²) in [6, 6.07) is 24.9. The van der Waals surface area contributed by atoms with Crippen molar-refractivity contribution in [3.05, 3.63) is 125 Å². The molecule has 0 amide bonds. The lowest BCUT2D eigenvalue weighted by Gasteiger charge is -1.97. The van der Waals surface area contributed by atoms with Gasteiger partial charge in [0, 0.05) is 16.7 Å². The van der Waals surface area contributed by atoms with Gasteiger partial charge in [-0.1, -0.05) is 18.2 Å². The molecule has 0 unspecified atom stereocenters. The normalized spacial score (nSPS) is 9.86. The lowest BCUT2D eigenvalue weighted by Crippen LogP contribution is -1.92. The molecule has 0 saturated carbocycles. The first kappa shape index (κ1) is 28.1. The lowest BCUT2D eigenvalue weighted by molar-refractivity contribution is 0.101. The molecule has 188 valence electrons. The summed E-state index contributed by atoms with van der Waals surface area (Å²) in [5.41, 5.74) is 2.55. The van der Waals surface area contributed by atoms with Crippen LogP contribution in [0.4, 0.5) is 0 Å². The summed E-state index contributed by atoms with van der Waals surface area (Å²) in [7, 11) is 0. The number of phenolic OH excluding ortho intramolecular Hbond substituents is 4. The fourth-order valence-electron chi connectivity index (χ4n) is 2.73. The van der Waals surface area contributed by atoms with Crippen LogP contribution in [0.3, 0.4) is 0 Å². The third kappa shape index (κ3) is 10.3. The van der Waals surface area contributed by atoms with Gasteiger partial charge >= 0.3 is 0 Å². The summed E-state index contributed by atoms with van der Waals surface area (Å²) in [6.07, 6.45) is 3.87. The van der Waals surface area contributed by atoms with E-state index in [4.69, 9.17) is 20.4 Å². The standard InChI is InChI=1S/C15H12O3.C8H8O2.C7H6O2/c16-13-6-1-11(2-7-13)3-10-15(18)12-4-8-14(17)9-5-12;1-6(9)7-2-4-8(10)5-3-7;8-5-6-1-3-7(9)4-2-6/h1-10,16-17H;2-5,10H,1H3;1-5,9H/b10-3+;;. The van der Waals surface area contributed by atoms with Gasteiger partial charge in [-0.3, -0.25) is 14.4 Å². The van der Waals surface area contributed by atoms with Gasteiger partial charge in [0.05, 0.1) is 0 Å². The molecule has 4 aromatic rings. The highest BCUT2D eigenvalue weighted by Crippen LogP contribution is 2.13. The molecule has 0 aromatic heterocycles. The number of benzene rings is 4. The van der Waals surface area contributed by atoms with Gasteiger partial charge in [-0.15, -0.1) is 0 Å². The fourth-order valence-corrected chi connectivity index (χ4v) is 2.73. The first-order valence-corrected chi connectivity index (χ1v) is 11.0. The van der Waals surface area contributed by atoms with E-state index in [-0.39, 0.29) is 34.6 Å². The van der Waals surface area contributed by atoms with E-state index in [0.717, 1.165) is 11.8 Å². The molecule has 0 bridgehead atoms. The number of Topliss-reactive ketones (excluding diaryl/α,β-unsaturated/α-hetero) is 1. The van der Waals surface area contributed by atoms with Crippen LogP contribution in [0.2, 0.25) is 0 Å². The summed E-state index contributed by atoms with van der Waals surface area (Å²) in [5.74, 6) is 0.569. The Morgan fingerprint density at radius 3 is 1.27 bits per heavy atom. The second-order valence-electron chi connectivity index (χ2n) is 7.65. The second kappa shape index (κ2) is 14.3. The minimum absolute atomic E-state index is 0.0139. The van der Waals surface area contributed by atoms with Crippen LogP contribution in [0.15, 0.2) is 103 Å². The fraction of sp³-hybridized carbons (Fsp3) is 0.0333. The van der Waals surface area contributed by atoms with Crippen molar-refractivity contribution in [2.24, 2.45) is 0 Å². The average Bonchev–Trinajstić information content (AvgIpc) is 2.90. The smallest absolute Gasteiger partial charge is 0.185 e. The van der Waals surface area contributed by atoms with Crippen LogP contribution in [0.1, 0.15) is 43.6 Å². The van der Waals surface area contributed by atoms with Crippen molar-refractivity contribution in [1.82, 2.24) is 0 Å². The Balaban J connectivity index is 0.000000214. The van der Waals surface area contributed by atoms with Crippen molar-refractivity contribution in [1.29, 1.82) is 0 Å². The molecule has 0 saturated heterocycles. The molecule has 7 nitrogen and oxygen atoms in total. The molecule has 7 heteroatoms. The van der Waals surface area contributed by atoms with Crippen LogP contribution in [0.5, 0.6) is 23.0 Å². The van der Waals surface area contributed by atoms with Gasteiger partial charge < -0.3 is 20.4 Å². The Labute approximate surface area is 214 Å². The van der Waals surface area contributed by atoms with Crippen molar-refractivity contribution in [2.45, 2.75) is 6.92 Å². The molecular weight excluding hydrogens is 472 g/mol. The number of hydrogen-bond donors (Lipinski definition) is 4. The van der Waals surface area contributed by atoms with Crippen LogP contribution in [-0.4, -0.2) is 38.3 Å². The number of carbonyl (C=O) groups is 3. The van der Waals surface area contributed by atoms with Crippen LogP contribution < -0.4 is 0 Å². The van der Waals surface area contributed by atoms with E-state index < -0.39 is 0 Å². The lowest BCUT2D eigenvalue weighted by atomic mass is 10.1. The minimum atomic E-state index is -0.136. The van der Waals surface area contributed by atoms with Gasteiger partial charge in [-0.2, -0.15) is 0 Å². The molecule has 37 heavy (non-hydrogen) atoms. The number of hydrogen-bond acceptors (Lipinski definition) is 7. The summed E-state index contributed by atoms with van der Waals surface area (Å²) >= 11 is 0. The molecule has 0 spiro atoms. The van der Waals surface area contributed by atoms with E-state index in [9.17, 15) is 14.4 Å². The zero-order valence-electron chi connectivity index (χ0n) is 20.0. The number of rotatable bonds is 5. The monoisotopic (exact) mass is 498 g/mol. The number of aldehydes is 1. The molecular formula is C30H26O7. The van der Waals surface area contributed by atoms with E-state index in [1.807, 2.05) is 0 Å². The first-order chi connectivity index (χ1) is 17.7. The van der Waals surface area contributed by atoms with Crippen LogP contribution in [-0.2, 0) is 0 Å². The van der Waals surface area contributed by atoms with Crippen molar-refractivity contribution in [3.63, 3.8) is 0 Å². The molecule has 0 radical (unpaired) electrons. The van der Waals surface area contributed by atoms with Crippen LogP contribution >= 0.6 is 0 Å². The number of aromatic hydroxyl groups is 4. The molecule has 4 rings (SSSR count). The van der Waals surface area contributed by atoms with Crippen molar-refractivity contribution >= 4 is 23.9 Å². The third-order valence-electron chi connectivity index (χ3n) is 4.78. The average molecular weight is 499 g/mol. The number of allylic oxidation sites excluding steroid dienone is 1. The van der Waals surface area contributed by atoms with E-state index in [0.29, 0.717) is 16.7 Å². The molecule has 0 atom stereocenters. The number of carbonyl (C=O) groups excluding carboxylic acids is 3. The summed E-state index contributed by atoms with van der Waals surface area (Å²) in [5, 5.41) is 35.8. The molecule has 4 aromatic carbocycles. The number of ketones is 2. The van der Waals surface area contributed by atoms with Crippen LogP contribution in [0.25, 0.3) is 6.08 Å². The van der Waals surface area contributed by atoms with Gasteiger partial charge in [0.2, 0.25) is 0 Å². The number of phenols is 4. The Bertz CT molecular complexity index is 1320. The third-order valence-corrected chi connectivity index (χ3v) is 4.78. The predicted molar refractivity (Wildman–Crippen MR) is 141 cm³/mol. The Kier molecular flexibility index (Phi) is 10.8. The van der Waals surface area contributed by atoms with Crippen molar-refractivity contribution in [3.8, 4) is 23.0 Å². The quantitative estimate of drug-likeness (QED) is 0.155. The van der Waals surface area contributed by atoms with Gasteiger partial charge in [0.15, 0.2) is 11.6 Å². The van der Waals surface area contributed by atoms with Gasteiger partial charge in [0.1, 0.15) is 29.3 Å². The van der Waals surface area contributed by atoms with Crippen molar-refractivity contribution < 1.29 is 34.8 Å². The summed E-state index contributed by atoms with van der Waals surface area (Å²) in [4.78, 5) is 32.5. The molecule has 0 aliphatic rings. The first-order valence-electron chi connectivity index (χ1n) is 11.0. The second-order valence-corrected chi connectivity index (χ2v) is 7.65. The molecule has 0 heterocycles. The van der Waals surface area contributed by atoms with Gasteiger partial charge in [-0.05, 0) is 103 Å². The maximum atomic E-state index is 11.8. The zero-order chi connectivity index (χ0) is 27.2. The topological polar surface area (TPSA) is 132 Å². The minimum Gasteiger partial charge on any atom is -0.508 e. The van der Waals surface area contributed by atoms with E-state index in [1.165, 1.54) is 49.4 Å². The molecule has 0 fully saturated rings. The molecule has 0 aliphatic heterocycles. The Morgan fingerprint density at radius 2 is 0.892 bits per heavy atom. The Hall–Kier alpha value is -5.17. The molecule has 0 aliphatic carbocycles. The predicted octanol–water partition coefficient (Wildman–Crippen LogP) is 5.79. The SMILES string of the molecule is CC(=O)c1ccc(O)cc1.O=C(/C=C/c1ccc(O)cc1)c1ccc(O)cc1.O=Cc1ccc(O)cc1. The van der Waals surface area contributed by atoms with Gasteiger partial charge in [-0.25, -0.2) is 0 Å². The highest BCUT2D eigenvalue weighted by molar-refractivity contribution is 6.06. The largest absolute Gasteiger partial charge is 0.508 e. The van der Waals surface area contributed by atoms with E-state index in [1.54, 1.807) is 66.7 Å². The van der Waals surface area contributed by atoms with E-state index in [2.05, 4.69) is 0 Å². The van der Waals surface area contributed by atoms with Crippen molar-refractivity contribution in [2.75, 3.05) is 0 Å². The van der Waals surface area contributed by atoms with Gasteiger partial charge in [0.25, 0.3) is 0 Å². The zero-order valence-corrected chi connectivity index (χ0v) is 20.0. The highest BCUT2D eigenvalue weighted by Gasteiger charge is 2.01. The van der Waals surface area contributed by atoms with E-state index >= 15 is 0 Å².